The Bertz CT molecular complexity index is 779. The van der Waals surface area contributed by atoms with Crippen LogP contribution < -0.4 is 0 Å². The van der Waals surface area contributed by atoms with Crippen molar-refractivity contribution in [1.29, 1.82) is 0 Å². The Hall–Kier alpha value is -1.85. The molecule has 1 aromatic carbocycles. The van der Waals surface area contributed by atoms with E-state index >= 15 is 0 Å². The van der Waals surface area contributed by atoms with E-state index in [0.717, 1.165) is 5.56 Å². The summed E-state index contributed by atoms with van der Waals surface area (Å²) in [6, 6.07) is 7.57. The summed E-state index contributed by atoms with van der Waals surface area (Å²) in [5.41, 5.74) is 1.98. The summed E-state index contributed by atoms with van der Waals surface area (Å²) in [5, 5.41) is 4.78. The van der Waals surface area contributed by atoms with E-state index in [4.69, 9.17) is 20.9 Å². The topological polar surface area (TPSA) is 55.6 Å². The maximum Gasteiger partial charge on any atom is 0.259 e. The number of rotatable bonds is 2. The predicted octanol–water partition coefficient (Wildman–Crippen LogP) is 4.15. The van der Waals surface area contributed by atoms with Crippen molar-refractivity contribution in [2.75, 3.05) is 19.7 Å². The van der Waals surface area contributed by atoms with Crippen LogP contribution >= 0.6 is 11.6 Å². The molecule has 1 aliphatic heterocycles. The summed E-state index contributed by atoms with van der Waals surface area (Å²) in [6.45, 7) is 9.36. The van der Waals surface area contributed by atoms with Crippen molar-refractivity contribution in [3.05, 3.63) is 51.9 Å². The highest BCUT2D eigenvalue weighted by Crippen LogP contribution is 2.30. The summed E-state index contributed by atoms with van der Waals surface area (Å²) in [5.74, 6) is 0.500. The van der Waals surface area contributed by atoms with Crippen molar-refractivity contribution >= 4 is 17.5 Å². The molecule has 1 amide bonds. The van der Waals surface area contributed by atoms with Gasteiger partial charge in [0.05, 0.1) is 13.2 Å². The number of hydrogen-bond donors (Lipinski definition) is 0. The zero-order chi connectivity index (χ0) is 18.2. The number of halogens is 1. The van der Waals surface area contributed by atoms with Gasteiger partial charge in [-0.3, -0.25) is 4.79 Å². The second-order valence-electron chi connectivity index (χ2n) is 7.38. The number of aryl methyl sites for hydroxylation is 1. The molecule has 2 aromatic rings. The summed E-state index contributed by atoms with van der Waals surface area (Å²) in [6.07, 6.45) is -0.186. The van der Waals surface area contributed by atoms with Crippen LogP contribution in [0.15, 0.2) is 28.8 Å². The quantitative estimate of drug-likeness (QED) is 0.805. The second-order valence-corrected chi connectivity index (χ2v) is 7.81. The standard InChI is InChI=1S/C19H23ClN2O3/c1-12-16(17(21-25-12)19(2,3)4)18(23)22-8-9-24-15(11-22)13-6-5-7-14(20)10-13/h5-7,10,15H,8-9,11H2,1-4H3. The molecular formula is C19H23ClN2O3. The number of carbonyl (C=O) groups excluding carboxylic acids is 1. The van der Waals surface area contributed by atoms with E-state index in [2.05, 4.69) is 5.16 Å². The Morgan fingerprint density at radius 2 is 2.12 bits per heavy atom. The number of aromatic nitrogens is 1. The van der Waals surface area contributed by atoms with Gasteiger partial charge in [0.15, 0.2) is 0 Å². The molecule has 0 aliphatic carbocycles. The van der Waals surface area contributed by atoms with Crippen molar-refractivity contribution in [2.45, 2.75) is 39.2 Å². The highest BCUT2D eigenvalue weighted by Gasteiger charge is 2.33. The van der Waals surface area contributed by atoms with Gasteiger partial charge in [0.2, 0.25) is 0 Å². The number of morpholine rings is 1. The van der Waals surface area contributed by atoms with Crippen molar-refractivity contribution in [2.24, 2.45) is 0 Å². The molecule has 1 aromatic heterocycles. The first kappa shape index (κ1) is 18.0. The van der Waals surface area contributed by atoms with Crippen molar-refractivity contribution < 1.29 is 14.1 Å². The molecule has 1 fully saturated rings. The lowest BCUT2D eigenvalue weighted by Gasteiger charge is -2.33. The first-order valence-electron chi connectivity index (χ1n) is 8.40. The first-order valence-corrected chi connectivity index (χ1v) is 8.78. The fourth-order valence-electron chi connectivity index (χ4n) is 3.04. The Kier molecular flexibility index (Phi) is 4.89. The monoisotopic (exact) mass is 362 g/mol. The van der Waals surface area contributed by atoms with Crippen molar-refractivity contribution in [3.8, 4) is 0 Å². The van der Waals surface area contributed by atoms with Gasteiger partial charge in [0.25, 0.3) is 5.91 Å². The third kappa shape index (κ3) is 3.72. The molecule has 1 aliphatic rings. The molecule has 25 heavy (non-hydrogen) atoms. The van der Waals surface area contributed by atoms with Gasteiger partial charge < -0.3 is 14.2 Å². The third-order valence-electron chi connectivity index (χ3n) is 4.36. The first-order chi connectivity index (χ1) is 11.8. The van der Waals surface area contributed by atoms with Gasteiger partial charge >= 0.3 is 0 Å². The zero-order valence-electron chi connectivity index (χ0n) is 15.0. The fraction of sp³-hybridized carbons (Fsp3) is 0.474. The predicted molar refractivity (Wildman–Crippen MR) is 96.0 cm³/mol. The van der Waals surface area contributed by atoms with Crippen LogP contribution in [0.2, 0.25) is 5.02 Å². The van der Waals surface area contributed by atoms with Crippen LogP contribution in [0.4, 0.5) is 0 Å². The van der Waals surface area contributed by atoms with Gasteiger partial charge in [0, 0.05) is 17.0 Å². The highest BCUT2D eigenvalue weighted by atomic mass is 35.5. The van der Waals surface area contributed by atoms with Crippen molar-refractivity contribution in [1.82, 2.24) is 10.1 Å². The molecule has 3 rings (SSSR count). The summed E-state index contributed by atoms with van der Waals surface area (Å²) >= 11 is 6.08. The van der Waals surface area contributed by atoms with E-state index in [1.807, 2.05) is 49.9 Å². The number of nitrogens with zero attached hydrogens (tertiary/aromatic N) is 2. The van der Waals surface area contributed by atoms with E-state index in [0.29, 0.717) is 41.7 Å². The highest BCUT2D eigenvalue weighted by molar-refractivity contribution is 6.30. The molecule has 0 N–H and O–H groups in total. The smallest absolute Gasteiger partial charge is 0.259 e. The van der Waals surface area contributed by atoms with Crippen LogP contribution in [0.25, 0.3) is 0 Å². The summed E-state index contributed by atoms with van der Waals surface area (Å²) < 4.78 is 11.2. The van der Waals surface area contributed by atoms with E-state index in [-0.39, 0.29) is 17.4 Å². The van der Waals surface area contributed by atoms with Gasteiger partial charge in [-0.25, -0.2) is 0 Å². The number of carbonyl (C=O) groups is 1. The van der Waals surface area contributed by atoms with E-state index in [1.54, 1.807) is 6.92 Å². The molecule has 5 nitrogen and oxygen atoms in total. The summed E-state index contributed by atoms with van der Waals surface area (Å²) in [7, 11) is 0. The number of benzene rings is 1. The van der Waals surface area contributed by atoms with E-state index < -0.39 is 0 Å². The fourth-order valence-corrected chi connectivity index (χ4v) is 3.24. The van der Waals surface area contributed by atoms with Gasteiger partial charge in [0.1, 0.15) is 23.1 Å². The Labute approximate surface area is 152 Å². The largest absolute Gasteiger partial charge is 0.370 e. The van der Waals surface area contributed by atoms with Crippen LogP contribution in [0, 0.1) is 6.92 Å². The minimum atomic E-state index is -0.263. The molecular weight excluding hydrogens is 340 g/mol. The van der Waals surface area contributed by atoms with E-state index in [1.165, 1.54) is 0 Å². The number of hydrogen-bond acceptors (Lipinski definition) is 4. The van der Waals surface area contributed by atoms with Gasteiger partial charge in [-0.05, 0) is 24.6 Å². The van der Waals surface area contributed by atoms with Crippen LogP contribution in [0.5, 0.6) is 0 Å². The summed E-state index contributed by atoms with van der Waals surface area (Å²) in [4.78, 5) is 14.9. The maximum absolute atomic E-state index is 13.1. The van der Waals surface area contributed by atoms with Gasteiger partial charge in [-0.2, -0.15) is 0 Å². The average molecular weight is 363 g/mol. The molecule has 0 radical (unpaired) electrons. The van der Waals surface area contributed by atoms with Gasteiger partial charge in [-0.15, -0.1) is 0 Å². The SMILES string of the molecule is Cc1onc(C(C)(C)C)c1C(=O)N1CCOC(c2cccc(Cl)c2)C1. The van der Waals surface area contributed by atoms with Crippen molar-refractivity contribution in [3.63, 3.8) is 0 Å². The Morgan fingerprint density at radius 1 is 1.36 bits per heavy atom. The Balaban J connectivity index is 1.85. The lowest BCUT2D eigenvalue weighted by molar-refractivity contribution is -0.0229. The molecule has 6 heteroatoms. The van der Waals surface area contributed by atoms with Crippen LogP contribution in [-0.2, 0) is 10.2 Å². The lowest BCUT2D eigenvalue weighted by Crippen LogP contribution is -2.43. The van der Waals surface area contributed by atoms with Gasteiger partial charge in [-0.1, -0.05) is 49.7 Å². The zero-order valence-corrected chi connectivity index (χ0v) is 15.8. The molecule has 0 spiro atoms. The normalized spacial score (nSPS) is 18.4. The van der Waals surface area contributed by atoms with Crippen LogP contribution in [0.3, 0.4) is 0 Å². The number of amides is 1. The second kappa shape index (κ2) is 6.81. The lowest BCUT2D eigenvalue weighted by atomic mass is 9.88. The minimum absolute atomic E-state index is 0.0565. The minimum Gasteiger partial charge on any atom is -0.370 e. The average Bonchev–Trinajstić information content (AvgIpc) is 2.96. The maximum atomic E-state index is 13.1. The Morgan fingerprint density at radius 3 is 2.80 bits per heavy atom. The van der Waals surface area contributed by atoms with Crippen LogP contribution in [-0.4, -0.2) is 35.7 Å². The molecule has 1 atom stereocenters. The third-order valence-corrected chi connectivity index (χ3v) is 4.60. The molecule has 0 saturated carbocycles. The molecule has 134 valence electrons. The molecule has 1 unspecified atom stereocenters. The molecule has 1 saturated heterocycles. The number of ether oxygens (including phenoxy) is 1. The van der Waals surface area contributed by atoms with Crippen LogP contribution in [0.1, 0.15) is 54.3 Å². The molecule has 2 heterocycles. The molecule has 0 bridgehead atoms. The van der Waals surface area contributed by atoms with E-state index in [9.17, 15) is 4.79 Å².